The molecule has 0 aliphatic carbocycles. The van der Waals surface area contributed by atoms with Gasteiger partial charge in [0.1, 0.15) is 5.75 Å². The van der Waals surface area contributed by atoms with Gasteiger partial charge in [-0.3, -0.25) is 14.9 Å². The van der Waals surface area contributed by atoms with Gasteiger partial charge in [-0.1, -0.05) is 12.1 Å². The molecule has 1 saturated heterocycles. The third kappa shape index (κ3) is 3.60. The molecule has 5 nitrogen and oxygen atoms in total. The van der Waals surface area contributed by atoms with Gasteiger partial charge in [-0.05, 0) is 23.9 Å². The second-order valence-corrected chi connectivity index (χ2v) is 5.14. The van der Waals surface area contributed by atoms with Crippen LogP contribution in [0.25, 0.3) is 6.08 Å². The number of amides is 2. The Morgan fingerprint density at radius 2 is 2.05 bits per heavy atom. The van der Waals surface area contributed by atoms with E-state index in [1.165, 1.54) is 25.3 Å². The molecule has 0 radical (unpaired) electrons. The summed E-state index contributed by atoms with van der Waals surface area (Å²) in [6, 6.07) is 3.40. The van der Waals surface area contributed by atoms with Crippen LogP contribution in [-0.4, -0.2) is 25.0 Å². The second-order valence-electron chi connectivity index (χ2n) is 4.12. The van der Waals surface area contributed by atoms with Crippen molar-refractivity contribution >= 4 is 29.0 Å². The Balaban J connectivity index is 2.48. The van der Waals surface area contributed by atoms with Gasteiger partial charge < -0.3 is 9.47 Å². The fourth-order valence-corrected chi connectivity index (χ4v) is 2.41. The average Bonchev–Trinajstić information content (AvgIpc) is 2.74. The molecule has 1 aliphatic rings. The minimum atomic E-state index is -4.63. The highest BCUT2D eigenvalue weighted by molar-refractivity contribution is 8.18. The summed E-state index contributed by atoms with van der Waals surface area (Å²) in [7, 11) is 1.27. The van der Waals surface area contributed by atoms with Crippen molar-refractivity contribution in [1.82, 2.24) is 5.32 Å². The number of nitrogens with one attached hydrogen (secondary N) is 1. The monoisotopic (exact) mass is 333 g/mol. The molecule has 2 amide bonds. The number of rotatable bonds is 4. The van der Waals surface area contributed by atoms with Gasteiger partial charge in [-0.2, -0.15) is 13.2 Å². The zero-order chi connectivity index (χ0) is 16.3. The highest BCUT2D eigenvalue weighted by Gasteiger charge is 2.35. The molecule has 0 aromatic heterocycles. The molecule has 0 bridgehead atoms. The van der Waals surface area contributed by atoms with E-state index in [4.69, 9.17) is 4.74 Å². The van der Waals surface area contributed by atoms with Crippen molar-refractivity contribution in [3.8, 4) is 5.75 Å². The summed E-state index contributed by atoms with van der Waals surface area (Å²) in [5, 5.41) is 1.44. The molecule has 118 valence electrons. The van der Waals surface area contributed by atoms with E-state index in [9.17, 15) is 22.8 Å². The van der Waals surface area contributed by atoms with Gasteiger partial charge in [-0.15, -0.1) is 0 Å². The quantitative estimate of drug-likeness (QED) is 0.678. The van der Waals surface area contributed by atoms with Crippen LogP contribution < -0.4 is 10.1 Å². The standard InChI is InChI=1S/C13H10F3NO4S/c1-20-6-21-10-7(3-2-4-8(10)13(14,15)16)5-9-11(18)17-12(19)22-9/h2-5H,6H2,1H3,(H,17,18,19)/b9-5-. The lowest BCUT2D eigenvalue weighted by Gasteiger charge is -2.15. The molecule has 2 rings (SSSR count). The van der Waals surface area contributed by atoms with Crippen molar-refractivity contribution in [3.05, 3.63) is 34.2 Å². The molecule has 0 unspecified atom stereocenters. The van der Waals surface area contributed by atoms with Crippen LogP contribution in [0.5, 0.6) is 5.75 Å². The molecule has 1 aliphatic heterocycles. The van der Waals surface area contributed by atoms with Crippen molar-refractivity contribution in [2.75, 3.05) is 13.9 Å². The summed E-state index contributed by atoms with van der Waals surface area (Å²) in [4.78, 5) is 22.6. The number of halogens is 3. The normalized spacial score (nSPS) is 17.0. The minimum absolute atomic E-state index is 0.00779. The van der Waals surface area contributed by atoms with Gasteiger partial charge in [0.05, 0.1) is 10.5 Å². The van der Waals surface area contributed by atoms with E-state index in [-0.39, 0.29) is 17.3 Å². The van der Waals surface area contributed by atoms with Crippen LogP contribution in [-0.2, 0) is 15.7 Å². The summed E-state index contributed by atoms with van der Waals surface area (Å²) >= 11 is 0.608. The molecule has 1 aromatic carbocycles. The van der Waals surface area contributed by atoms with Crippen LogP contribution in [0.1, 0.15) is 11.1 Å². The fourth-order valence-electron chi connectivity index (χ4n) is 1.73. The predicted octanol–water partition coefficient (Wildman–Crippen LogP) is 3.01. The highest BCUT2D eigenvalue weighted by Crippen LogP contribution is 2.39. The molecule has 0 saturated carbocycles. The zero-order valence-corrected chi connectivity index (χ0v) is 12.0. The smallest absolute Gasteiger partial charge is 0.419 e. The van der Waals surface area contributed by atoms with E-state index in [0.717, 1.165) is 6.07 Å². The van der Waals surface area contributed by atoms with Crippen molar-refractivity contribution in [2.24, 2.45) is 0 Å². The number of alkyl halides is 3. The predicted molar refractivity (Wildman–Crippen MR) is 73.1 cm³/mol. The largest absolute Gasteiger partial charge is 0.466 e. The molecule has 1 N–H and O–H groups in total. The Bertz CT molecular complexity index is 643. The maximum atomic E-state index is 13.0. The Hall–Kier alpha value is -2.00. The Labute approximate surface area is 127 Å². The molecule has 1 aromatic rings. The first-order valence-corrected chi connectivity index (χ1v) is 6.71. The molecule has 22 heavy (non-hydrogen) atoms. The Kier molecular flexibility index (Phi) is 4.77. The molecule has 1 fully saturated rings. The van der Waals surface area contributed by atoms with Crippen molar-refractivity contribution in [3.63, 3.8) is 0 Å². The lowest BCUT2D eigenvalue weighted by atomic mass is 10.1. The van der Waals surface area contributed by atoms with Crippen LogP contribution in [0, 0.1) is 0 Å². The van der Waals surface area contributed by atoms with Crippen LogP contribution in [0.3, 0.4) is 0 Å². The molecule has 9 heteroatoms. The number of hydrogen-bond acceptors (Lipinski definition) is 5. The summed E-state index contributed by atoms with van der Waals surface area (Å²) < 4.78 is 48.7. The third-order valence-electron chi connectivity index (χ3n) is 2.60. The number of carbonyl (C=O) groups is 2. The molecule has 1 heterocycles. The molecule has 0 spiro atoms. The number of thioether (sulfide) groups is 1. The van der Waals surface area contributed by atoms with Crippen LogP contribution in [0.2, 0.25) is 0 Å². The van der Waals surface area contributed by atoms with E-state index in [1.54, 1.807) is 0 Å². The average molecular weight is 333 g/mol. The van der Waals surface area contributed by atoms with Crippen molar-refractivity contribution < 1.29 is 32.2 Å². The van der Waals surface area contributed by atoms with Crippen molar-refractivity contribution in [2.45, 2.75) is 6.18 Å². The topological polar surface area (TPSA) is 64.6 Å². The number of ether oxygens (including phenoxy) is 2. The first-order chi connectivity index (χ1) is 10.3. The van der Waals surface area contributed by atoms with Gasteiger partial charge in [-0.25, -0.2) is 0 Å². The lowest BCUT2D eigenvalue weighted by molar-refractivity contribution is -0.139. The lowest BCUT2D eigenvalue weighted by Crippen LogP contribution is -2.17. The van der Waals surface area contributed by atoms with Crippen molar-refractivity contribution in [1.29, 1.82) is 0 Å². The number of para-hydroxylation sites is 1. The zero-order valence-electron chi connectivity index (χ0n) is 11.2. The van der Waals surface area contributed by atoms with Crippen LogP contribution in [0.15, 0.2) is 23.1 Å². The summed E-state index contributed by atoms with van der Waals surface area (Å²) in [5.74, 6) is -1.12. The van der Waals surface area contributed by atoms with Gasteiger partial charge in [0.25, 0.3) is 11.1 Å². The maximum absolute atomic E-state index is 13.0. The summed E-state index contributed by atoms with van der Waals surface area (Å²) in [5.41, 5.74) is -0.965. The van der Waals surface area contributed by atoms with Gasteiger partial charge in [0.15, 0.2) is 6.79 Å². The number of hydrogen-bond donors (Lipinski definition) is 1. The van der Waals surface area contributed by atoms with Gasteiger partial charge >= 0.3 is 6.18 Å². The van der Waals surface area contributed by atoms with E-state index in [2.05, 4.69) is 4.74 Å². The number of carbonyl (C=O) groups excluding carboxylic acids is 2. The minimum Gasteiger partial charge on any atom is -0.466 e. The fraction of sp³-hybridized carbons (Fsp3) is 0.231. The van der Waals surface area contributed by atoms with Gasteiger partial charge in [0.2, 0.25) is 0 Å². The summed E-state index contributed by atoms with van der Waals surface area (Å²) in [6.07, 6.45) is -3.45. The Morgan fingerprint density at radius 1 is 1.32 bits per heavy atom. The summed E-state index contributed by atoms with van der Waals surface area (Å²) in [6.45, 7) is -0.387. The molecular formula is C13H10F3NO4S. The first kappa shape index (κ1) is 16.4. The molecular weight excluding hydrogens is 323 g/mol. The SMILES string of the molecule is COCOc1c(/C=C2\SC(=O)NC2=O)cccc1C(F)(F)F. The maximum Gasteiger partial charge on any atom is 0.419 e. The number of imide groups is 1. The Morgan fingerprint density at radius 3 is 2.59 bits per heavy atom. The first-order valence-electron chi connectivity index (χ1n) is 5.89. The van der Waals surface area contributed by atoms with E-state index >= 15 is 0 Å². The third-order valence-corrected chi connectivity index (χ3v) is 3.41. The van der Waals surface area contributed by atoms with Crippen LogP contribution in [0.4, 0.5) is 18.0 Å². The number of methoxy groups -OCH3 is 1. The number of benzene rings is 1. The van der Waals surface area contributed by atoms with Crippen LogP contribution >= 0.6 is 11.8 Å². The van der Waals surface area contributed by atoms with E-state index in [0.29, 0.717) is 11.8 Å². The van der Waals surface area contributed by atoms with E-state index < -0.39 is 28.6 Å². The van der Waals surface area contributed by atoms with E-state index in [1.807, 2.05) is 5.32 Å². The van der Waals surface area contributed by atoms with Gasteiger partial charge in [0, 0.05) is 12.7 Å². The second kappa shape index (κ2) is 6.41. The molecule has 0 atom stereocenters. The highest BCUT2D eigenvalue weighted by atomic mass is 32.2.